The molecule has 18 heavy (non-hydrogen) atoms. The van der Waals surface area contributed by atoms with Gasteiger partial charge in [0.1, 0.15) is 0 Å². The zero-order chi connectivity index (χ0) is 13.5. The molecule has 5 nitrogen and oxygen atoms in total. The van der Waals surface area contributed by atoms with Gasteiger partial charge in [0.2, 0.25) is 5.91 Å². The Hall–Kier alpha value is -0.750. The van der Waals surface area contributed by atoms with Crippen LogP contribution >= 0.6 is 11.8 Å². The monoisotopic (exact) mass is 274 g/mol. The van der Waals surface area contributed by atoms with Crippen molar-refractivity contribution in [1.29, 1.82) is 0 Å². The van der Waals surface area contributed by atoms with E-state index in [-0.39, 0.29) is 24.4 Å². The third kappa shape index (κ3) is 4.86. The zero-order valence-electron chi connectivity index (χ0n) is 10.8. The van der Waals surface area contributed by atoms with Crippen molar-refractivity contribution in [3.8, 4) is 0 Å². The summed E-state index contributed by atoms with van der Waals surface area (Å²) in [7, 11) is 0. The Morgan fingerprint density at radius 1 is 1.56 bits per heavy atom. The smallest absolute Gasteiger partial charge is 0.305 e. The fourth-order valence-electron chi connectivity index (χ4n) is 2.17. The van der Waals surface area contributed by atoms with Gasteiger partial charge in [-0.1, -0.05) is 13.3 Å². The van der Waals surface area contributed by atoms with Crippen LogP contribution in [0.1, 0.15) is 32.6 Å². The van der Waals surface area contributed by atoms with Crippen molar-refractivity contribution < 1.29 is 14.7 Å². The molecule has 0 aromatic carbocycles. The number of hydrogen-bond donors (Lipinski definition) is 2. The first-order valence-electron chi connectivity index (χ1n) is 6.39. The molecule has 0 aromatic heterocycles. The first kappa shape index (κ1) is 15.3. The third-order valence-electron chi connectivity index (χ3n) is 3.05. The lowest BCUT2D eigenvalue weighted by molar-refractivity contribution is -0.140. The van der Waals surface area contributed by atoms with Crippen LogP contribution in [-0.2, 0) is 9.59 Å². The van der Waals surface area contributed by atoms with Gasteiger partial charge < -0.3 is 15.7 Å². The second kappa shape index (κ2) is 7.63. The first-order chi connectivity index (χ1) is 8.54. The zero-order valence-corrected chi connectivity index (χ0v) is 11.6. The van der Waals surface area contributed by atoms with Gasteiger partial charge in [-0.25, -0.2) is 0 Å². The lowest BCUT2D eigenvalue weighted by atomic mass is 10.1. The Kier molecular flexibility index (Phi) is 6.49. The summed E-state index contributed by atoms with van der Waals surface area (Å²) in [5.74, 6) is 0.743. The summed E-state index contributed by atoms with van der Waals surface area (Å²) in [4.78, 5) is 24.6. The Labute approximate surface area is 112 Å². The number of aliphatic carboxylic acids is 1. The topological polar surface area (TPSA) is 83.6 Å². The highest BCUT2D eigenvalue weighted by molar-refractivity contribution is 7.99. The van der Waals surface area contributed by atoms with Crippen molar-refractivity contribution in [2.45, 2.75) is 44.7 Å². The predicted octanol–water partition coefficient (Wildman–Crippen LogP) is 0.923. The number of carboxylic acid groups (broad SMARTS) is 1. The van der Waals surface area contributed by atoms with E-state index < -0.39 is 5.97 Å². The SMILES string of the molecule is CCCC(N)CC(=O)N1CCSCC1CC(=O)O. The van der Waals surface area contributed by atoms with Crippen molar-refractivity contribution in [2.75, 3.05) is 18.1 Å². The molecular weight excluding hydrogens is 252 g/mol. The molecule has 0 aliphatic carbocycles. The maximum Gasteiger partial charge on any atom is 0.305 e. The van der Waals surface area contributed by atoms with Gasteiger partial charge in [-0.15, -0.1) is 0 Å². The Bertz CT molecular complexity index is 299. The van der Waals surface area contributed by atoms with E-state index >= 15 is 0 Å². The van der Waals surface area contributed by atoms with Crippen molar-refractivity contribution in [3.05, 3.63) is 0 Å². The van der Waals surface area contributed by atoms with Crippen LogP contribution in [0.5, 0.6) is 0 Å². The molecule has 1 saturated heterocycles. The minimum Gasteiger partial charge on any atom is -0.481 e. The molecule has 2 unspecified atom stereocenters. The highest BCUT2D eigenvalue weighted by Crippen LogP contribution is 2.20. The van der Waals surface area contributed by atoms with Crippen LogP contribution in [-0.4, -0.2) is 52.0 Å². The lowest BCUT2D eigenvalue weighted by Crippen LogP contribution is -2.48. The number of thioether (sulfide) groups is 1. The van der Waals surface area contributed by atoms with Crippen LogP contribution in [0.15, 0.2) is 0 Å². The number of carbonyl (C=O) groups is 2. The van der Waals surface area contributed by atoms with E-state index in [4.69, 9.17) is 10.8 Å². The van der Waals surface area contributed by atoms with Crippen molar-refractivity contribution in [2.24, 2.45) is 5.73 Å². The molecule has 1 rings (SSSR count). The maximum absolute atomic E-state index is 12.1. The van der Waals surface area contributed by atoms with Gasteiger partial charge in [0.05, 0.1) is 12.5 Å². The number of hydrogen-bond acceptors (Lipinski definition) is 4. The fourth-order valence-corrected chi connectivity index (χ4v) is 3.23. The fraction of sp³-hybridized carbons (Fsp3) is 0.833. The molecular formula is C12H22N2O3S. The minimum absolute atomic E-state index is 0.00231. The first-order valence-corrected chi connectivity index (χ1v) is 7.54. The van der Waals surface area contributed by atoms with E-state index in [2.05, 4.69) is 0 Å². The molecule has 1 aliphatic rings. The highest BCUT2D eigenvalue weighted by Gasteiger charge is 2.29. The summed E-state index contributed by atoms with van der Waals surface area (Å²) in [6, 6.07) is -0.287. The molecule has 1 fully saturated rings. The van der Waals surface area contributed by atoms with Crippen molar-refractivity contribution >= 4 is 23.6 Å². The van der Waals surface area contributed by atoms with E-state index in [1.165, 1.54) is 0 Å². The minimum atomic E-state index is -0.849. The summed E-state index contributed by atoms with van der Waals surface area (Å²) in [6.07, 6.45) is 2.15. The molecule has 2 atom stereocenters. The molecule has 3 N–H and O–H groups in total. The predicted molar refractivity (Wildman–Crippen MR) is 72.6 cm³/mol. The molecule has 0 saturated carbocycles. The van der Waals surface area contributed by atoms with Crippen LogP contribution in [0.2, 0.25) is 0 Å². The van der Waals surface area contributed by atoms with Gasteiger partial charge in [-0.3, -0.25) is 9.59 Å². The third-order valence-corrected chi connectivity index (χ3v) is 4.15. The Morgan fingerprint density at radius 2 is 2.28 bits per heavy atom. The standard InChI is InChI=1S/C12H22N2O3S/c1-2-3-9(13)6-11(15)14-4-5-18-8-10(14)7-12(16)17/h9-10H,2-8,13H2,1H3,(H,16,17). The number of carbonyl (C=O) groups excluding carboxylic acids is 1. The summed E-state index contributed by atoms with van der Waals surface area (Å²) < 4.78 is 0. The second-order valence-corrected chi connectivity index (χ2v) is 5.82. The molecule has 1 aliphatic heterocycles. The summed E-state index contributed by atoms with van der Waals surface area (Å²) >= 11 is 1.71. The van der Waals surface area contributed by atoms with E-state index in [0.717, 1.165) is 18.6 Å². The van der Waals surface area contributed by atoms with Gasteiger partial charge in [-0.05, 0) is 6.42 Å². The van der Waals surface area contributed by atoms with Crippen molar-refractivity contribution in [1.82, 2.24) is 4.90 Å². The van der Waals surface area contributed by atoms with E-state index in [0.29, 0.717) is 18.7 Å². The molecule has 0 bridgehead atoms. The highest BCUT2D eigenvalue weighted by atomic mass is 32.2. The summed E-state index contributed by atoms with van der Waals surface area (Å²) in [5, 5.41) is 8.86. The van der Waals surface area contributed by atoms with Crippen LogP contribution in [0, 0.1) is 0 Å². The molecule has 1 heterocycles. The lowest BCUT2D eigenvalue weighted by Gasteiger charge is -2.35. The van der Waals surface area contributed by atoms with Gasteiger partial charge in [0, 0.05) is 30.5 Å². The number of amides is 1. The van der Waals surface area contributed by atoms with Gasteiger partial charge in [0.15, 0.2) is 0 Å². The van der Waals surface area contributed by atoms with Crippen LogP contribution in [0.4, 0.5) is 0 Å². The molecule has 1 amide bonds. The van der Waals surface area contributed by atoms with Crippen LogP contribution in [0.3, 0.4) is 0 Å². The van der Waals surface area contributed by atoms with Crippen LogP contribution < -0.4 is 5.73 Å². The molecule has 104 valence electrons. The van der Waals surface area contributed by atoms with Gasteiger partial charge in [-0.2, -0.15) is 11.8 Å². The molecule has 6 heteroatoms. The second-order valence-electron chi connectivity index (χ2n) is 4.67. The Balaban J connectivity index is 2.54. The van der Waals surface area contributed by atoms with Crippen LogP contribution in [0.25, 0.3) is 0 Å². The number of nitrogens with two attached hydrogens (primary N) is 1. The van der Waals surface area contributed by atoms with E-state index in [9.17, 15) is 9.59 Å². The van der Waals surface area contributed by atoms with E-state index in [1.807, 2.05) is 6.92 Å². The summed E-state index contributed by atoms with van der Waals surface area (Å²) in [5.41, 5.74) is 5.87. The molecule has 0 radical (unpaired) electrons. The van der Waals surface area contributed by atoms with Gasteiger partial charge >= 0.3 is 5.97 Å². The summed E-state index contributed by atoms with van der Waals surface area (Å²) in [6.45, 7) is 2.68. The van der Waals surface area contributed by atoms with Crippen molar-refractivity contribution in [3.63, 3.8) is 0 Å². The molecule has 0 spiro atoms. The largest absolute Gasteiger partial charge is 0.481 e. The van der Waals surface area contributed by atoms with Gasteiger partial charge in [0.25, 0.3) is 0 Å². The number of rotatable bonds is 6. The maximum atomic E-state index is 12.1. The van der Waals surface area contributed by atoms with E-state index in [1.54, 1.807) is 16.7 Å². The quantitative estimate of drug-likeness (QED) is 0.752. The number of nitrogens with zero attached hydrogens (tertiary/aromatic N) is 1. The average molecular weight is 274 g/mol. The Morgan fingerprint density at radius 3 is 2.89 bits per heavy atom. The normalized spacial score (nSPS) is 21.7. The molecule has 0 aromatic rings. The number of carboxylic acids is 1. The average Bonchev–Trinajstić information content (AvgIpc) is 2.28.